The molecule has 1 saturated heterocycles. The van der Waals surface area contributed by atoms with Crippen molar-refractivity contribution in [2.75, 3.05) is 39.5 Å². The van der Waals surface area contributed by atoms with Gasteiger partial charge in [-0.25, -0.2) is 0 Å². The molecule has 2 rings (SSSR count). The van der Waals surface area contributed by atoms with Gasteiger partial charge in [0, 0.05) is 31.9 Å². The smallest absolute Gasteiger partial charge is 0.379 e. The summed E-state index contributed by atoms with van der Waals surface area (Å²) in [5, 5.41) is 6.15. The SMILES string of the molecule is CCNC(=NCCCOC1CCOC1)NCC#Cc1cccc(C(F)(F)F)c1. The summed E-state index contributed by atoms with van der Waals surface area (Å²) < 4.78 is 49.1. The zero-order valence-corrected chi connectivity index (χ0v) is 15.9. The molecule has 0 spiro atoms. The number of benzene rings is 1. The van der Waals surface area contributed by atoms with Crippen LogP contribution in [0.2, 0.25) is 0 Å². The van der Waals surface area contributed by atoms with Crippen LogP contribution in [-0.2, 0) is 15.7 Å². The fourth-order valence-corrected chi connectivity index (χ4v) is 2.54. The second-order valence-electron chi connectivity index (χ2n) is 6.20. The van der Waals surface area contributed by atoms with E-state index >= 15 is 0 Å². The summed E-state index contributed by atoms with van der Waals surface area (Å²) in [6, 6.07) is 4.98. The van der Waals surface area contributed by atoms with Gasteiger partial charge < -0.3 is 20.1 Å². The van der Waals surface area contributed by atoms with Gasteiger partial charge in [-0.15, -0.1) is 0 Å². The molecule has 154 valence electrons. The lowest BCUT2D eigenvalue weighted by Crippen LogP contribution is -2.37. The number of nitrogens with zero attached hydrogens (tertiary/aromatic N) is 1. The van der Waals surface area contributed by atoms with Crippen molar-refractivity contribution in [2.24, 2.45) is 4.99 Å². The van der Waals surface area contributed by atoms with Gasteiger partial charge in [-0.2, -0.15) is 13.2 Å². The largest absolute Gasteiger partial charge is 0.416 e. The van der Waals surface area contributed by atoms with Crippen molar-refractivity contribution in [3.8, 4) is 11.8 Å². The molecule has 0 bridgehead atoms. The lowest BCUT2D eigenvalue weighted by Gasteiger charge is -2.10. The maximum Gasteiger partial charge on any atom is 0.416 e. The second kappa shape index (κ2) is 11.6. The molecule has 1 aromatic rings. The van der Waals surface area contributed by atoms with Crippen LogP contribution < -0.4 is 10.6 Å². The van der Waals surface area contributed by atoms with Gasteiger partial charge in [0.15, 0.2) is 5.96 Å². The van der Waals surface area contributed by atoms with Crippen LogP contribution in [-0.4, -0.2) is 51.5 Å². The van der Waals surface area contributed by atoms with Crippen molar-refractivity contribution < 1.29 is 22.6 Å². The highest BCUT2D eigenvalue weighted by molar-refractivity contribution is 5.80. The molecule has 2 N–H and O–H groups in total. The van der Waals surface area contributed by atoms with E-state index < -0.39 is 11.7 Å². The van der Waals surface area contributed by atoms with Gasteiger partial charge in [-0.1, -0.05) is 17.9 Å². The Morgan fingerprint density at radius 1 is 1.36 bits per heavy atom. The summed E-state index contributed by atoms with van der Waals surface area (Å²) in [6.07, 6.45) is -2.43. The first-order valence-corrected chi connectivity index (χ1v) is 9.36. The fourth-order valence-electron chi connectivity index (χ4n) is 2.54. The molecule has 1 unspecified atom stereocenters. The number of alkyl halides is 3. The van der Waals surface area contributed by atoms with Crippen molar-refractivity contribution >= 4 is 5.96 Å². The predicted octanol–water partition coefficient (Wildman–Crippen LogP) is 2.81. The molecule has 5 nitrogen and oxygen atoms in total. The van der Waals surface area contributed by atoms with E-state index in [1.165, 1.54) is 6.07 Å². The van der Waals surface area contributed by atoms with Crippen molar-refractivity contribution in [1.29, 1.82) is 0 Å². The molecule has 1 heterocycles. The molecule has 0 aromatic heterocycles. The van der Waals surface area contributed by atoms with Gasteiger partial charge in [0.05, 0.1) is 24.8 Å². The van der Waals surface area contributed by atoms with Crippen LogP contribution in [0.3, 0.4) is 0 Å². The van der Waals surface area contributed by atoms with E-state index in [1.807, 2.05) is 6.92 Å². The van der Waals surface area contributed by atoms with Gasteiger partial charge in [0.2, 0.25) is 0 Å². The monoisotopic (exact) mass is 397 g/mol. The lowest BCUT2D eigenvalue weighted by atomic mass is 10.1. The molecule has 1 aliphatic heterocycles. The fraction of sp³-hybridized carbons (Fsp3) is 0.550. The van der Waals surface area contributed by atoms with E-state index in [0.29, 0.717) is 37.8 Å². The third kappa shape index (κ3) is 8.19. The van der Waals surface area contributed by atoms with Crippen LogP contribution in [0.4, 0.5) is 13.2 Å². The van der Waals surface area contributed by atoms with Gasteiger partial charge >= 0.3 is 6.18 Å². The highest BCUT2D eigenvalue weighted by Crippen LogP contribution is 2.29. The molecule has 0 saturated carbocycles. The molecule has 0 aliphatic carbocycles. The maximum atomic E-state index is 12.7. The van der Waals surface area contributed by atoms with E-state index in [0.717, 1.165) is 31.6 Å². The Hall–Kier alpha value is -2.24. The number of guanidine groups is 1. The highest BCUT2D eigenvalue weighted by Gasteiger charge is 2.30. The Balaban J connectivity index is 1.75. The average Bonchev–Trinajstić information content (AvgIpc) is 3.18. The van der Waals surface area contributed by atoms with Crippen molar-refractivity contribution in [2.45, 2.75) is 32.0 Å². The third-order valence-electron chi connectivity index (χ3n) is 3.92. The van der Waals surface area contributed by atoms with Crippen molar-refractivity contribution in [3.05, 3.63) is 35.4 Å². The van der Waals surface area contributed by atoms with Crippen LogP contribution in [0, 0.1) is 11.8 Å². The van der Waals surface area contributed by atoms with Crippen LogP contribution in [0.5, 0.6) is 0 Å². The summed E-state index contributed by atoms with van der Waals surface area (Å²) in [6.45, 7) is 5.59. The average molecular weight is 397 g/mol. The third-order valence-corrected chi connectivity index (χ3v) is 3.92. The Kier molecular flexibility index (Phi) is 9.11. The van der Waals surface area contributed by atoms with Gasteiger partial charge in [-0.05, 0) is 38.0 Å². The molecule has 0 amide bonds. The second-order valence-corrected chi connectivity index (χ2v) is 6.20. The summed E-state index contributed by atoms with van der Waals surface area (Å²) in [7, 11) is 0. The van der Waals surface area contributed by atoms with E-state index in [4.69, 9.17) is 9.47 Å². The number of aliphatic imine (C=N–C) groups is 1. The lowest BCUT2D eigenvalue weighted by molar-refractivity contribution is -0.137. The minimum atomic E-state index is -4.37. The number of hydrogen-bond acceptors (Lipinski definition) is 3. The number of hydrogen-bond donors (Lipinski definition) is 2. The summed E-state index contributed by atoms with van der Waals surface area (Å²) >= 11 is 0. The quantitative estimate of drug-likeness (QED) is 0.322. The molecular formula is C20H26F3N3O2. The van der Waals surface area contributed by atoms with Gasteiger partial charge in [0.25, 0.3) is 0 Å². The Morgan fingerprint density at radius 2 is 2.21 bits per heavy atom. The molecular weight excluding hydrogens is 371 g/mol. The molecule has 8 heteroatoms. The number of nitrogens with one attached hydrogen (secondary N) is 2. The van der Waals surface area contributed by atoms with Gasteiger partial charge in [-0.3, -0.25) is 4.99 Å². The zero-order chi connectivity index (χ0) is 20.2. The van der Waals surface area contributed by atoms with Crippen LogP contribution in [0.1, 0.15) is 30.9 Å². The maximum absolute atomic E-state index is 12.7. The first-order valence-electron chi connectivity index (χ1n) is 9.36. The first kappa shape index (κ1) is 22.1. The van der Waals surface area contributed by atoms with Crippen molar-refractivity contribution in [1.82, 2.24) is 10.6 Å². The van der Waals surface area contributed by atoms with E-state index in [2.05, 4.69) is 27.5 Å². The van der Waals surface area contributed by atoms with Gasteiger partial charge in [0.1, 0.15) is 0 Å². The summed E-state index contributed by atoms with van der Waals surface area (Å²) in [5.74, 6) is 6.17. The van der Waals surface area contributed by atoms with Crippen LogP contribution >= 0.6 is 0 Å². The Labute approximate surface area is 163 Å². The minimum Gasteiger partial charge on any atom is -0.379 e. The highest BCUT2D eigenvalue weighted by atomic mass is 19.4. The Bertz CT molecular complexity index is 690. The molecule has 1 fully saturated rings. The van der Waals surface area contributed by atoms with Crippen molar-refractivity contribution in [3.63, 3.8) is 0 Å². The molecule has 1 atom stereocenters. The Morgan fingerprint density at radius 3 is 2.93 bits per heavy atom. The van der Waals surface area contributed by atoms with Crippen LogP contribution in [0.15, 0.2) is 29.3 Å². The zero-order valence-electron chi connectivity index (χ0n) is 15.9. The van der Waals surface area contributed by atoms with E-state index in [1.54, 1.807) is 6.07 Å². The van der Waals surface area contributed by atoms with E-state index in [-0.39, 0.29) is 12.6 Å². The summed E-state index contributed by atoms with van der Waals surface area (Å²) in [5.41, 5.74) is -0.375. The topological polar surface area (TPSA) is 54.9 Å². The van der Waals surface area contributed by atoms with Crippen LogP contribution in [0.25, 0.3) is 0 Å². The minimum absolute atomic E-state index is 0.196. The number of halogens is 3. The first-order chi connectivity index (χ1) is 13.5. The number of rotatable bonds is 7. The van der Waals surface area contributed by atoms with E-state index in [9.17, 15) is 13.2 Å². The molecule has 28 heavy (non-hydrogen) atoms. The normalized spacial score (nSPS) is 17.1. The molecule has 1 aromatic carbocycles. The predicted molar refractivity (Wildman–Crippen MR) is 102 cm³/mol. The molecule has 1 aliphatic rings. The molecule has 0 radical (unpaired) electrons. The number of ether oxygens (including phenoxy) is 2. The standard InChI is InChI=1S/C20H26F3N3O2/c1-2-24-19(26-11-5-12-28-18-9-13-27-15-18)25-10-4-7-16-6-3-8-17(14-16)20(21,22)23/h3,6,8,14,18H,2,5,9-13,15H2,1H3,(H2,24,25,26). The summed E-state index contributed by atoms with van der Waals surface area (Å²) in [4.78, 5) is 4.44.